The van der Waals surface area contributed by atoms with E-state index in [0.29, 0.717) is 49.6 Å². The molecule has 4 aromatic carbocycles. The van der Waals surface area contributed by atoms with Gasteiger partial charge in [0.05, 0.1) is 31.7 Å². The van der Waals surface area contributed by atoms with E-state index in [1.165, 1.54) is 13.2 Å². The van der Waals surface area contributed by atoms with E-state index in [0.717, 1.165) is 16.7 Å². The molecule has 0 fully saturated rings. The number of amides is 2. The summed E-state index contributed by atoms with van der Waals surface area (Å²) in [5.74, 6) is 0.0607. The Morgan fingerprint density at radius 3 is 2.77 bits per heavy atom. The van der Waals surface area contributed by atoms with Crippen LogP contribution in [0.15, 0.2) is 78.9 Å². The number of carbonyl (C=O) groups excluding carboxylic acids is 2. The normalized spacial score (nSPS) is 16.6. The smallest absolute Gasteiger partial charge is 0.258 e. The highest BCUT2D eigenvalue weighted by molar-refractivity contribution is 5.98. The van der Waals surface area contributed by atoms with Crippen molar-refractivity contribution in [2.45, 2.75) is 25.3 Å². The van der Waals surface area contributed by atoms with Crippen LogP contribution >= 0.6 is 0 Å². The molecule has 0 saturated heterocycles. The van der Waals surface area contributed by atoms with Crippen molar-refractivity contribution in [2.75, 3.05) is 26.8 Å². The van der Waals surface area contributed by atoms with Crippen molar-refractivity contribution < 1.29 is 33.3 Å². The molecule has 8 bridgehead atoms. The topological polar surface area (TPSA) is 97.3 Å². The first-order valence-electron chi connectivity index (χ1n) is 14.2. The van der Waals surface area contributed by atoms with E-state index in [2.05, 4.69) is 5.32 Å². The summed E-state index contributed by atoms with van der Waals surface area (Å²) < 4.78 is 32.0. The molecule has 43 heavy (non-hydrogen) atoms. The number of aromatic hydroxyl groups is 1. The van der Waals surface area contributed by atoms with Crippen molar-refractivity contribution in [1.82, 2.24) is 10.2 Å². The van der Waals surface area contributed by atoms with Gasteiger partial charge in [-0.15, -0.1) is 0 Å². The van der Waals surface area contributed by atoms with Crippen LogP contribution in [0, 0.1) is 5.82 Å². The standard InChI is InChI=1S/C34H31FN2O6/c1-41-29-8-3-7-27(33(29)39)34(40)37-15-13-22-19-25-10-11-26(22)32(37)23-5-2-6-24(20-23)42-16-4-14-36-31(38)18-21-9-12-28(35)30(17-21)43-25/h2-3,5-12,17,19-20,32,39H,4,13-16,18H2,1H3,(H,36,38). The number of phenolic OH excluding ortho intramolecular Hbond substituents is 1. The Hall–Kier alpha value is -5.05. The highest BCUT2D eigenvalue weighted by Crippen LogP contribution is 2.41. The molecule has 2 amide bonds. The van der Waals surface area contributed by atoms with Crippen molar-refractivity contribution in [3.8, 4) is 28.7 Å². The molecule has 0 spiro atoms. The minimum Gasteiger partial charge on any atom is -0.504 e. The minimum absolute atomic E-state index is 0.0296. The number of hydrogen-bond acceptors (Lipinski definition) is 6. The molecule has 0 aromatic heterocycles. The van der Waals surface area contributed by atoms with Crippen molar-refractivity contribution >= 4 is 11.8 Å². The summed E-state index contributed by atoms with van der Waals surface area (Å²) >= 11 is 0. The molecular formula is C34H31FN2O6. The summed E-state index contributed by atoms with van der Waals surface area (Å²) in [6.45, 7) is 1.16. The van der Waals surface area contributed by atoms with Crippen LogP contribution in [0.1, 0.15) is 45.1 Å². The Morgan fingerprint density at radius 1 is 1.05 bits per heavy atom. The summed E-state index contributed by atoms with van der Waals surface area (Å²) in [4.78, 5) is 28.2. The fraction of sp³-hybridized carbons (Fsp3) is 0.235. The van der Waals surface area contributed by atoms with Gasteiger partial charge < -0.3 is 29.5 Å². The molecule has 0 aliphatic carbocycles. The number of halogens is 1. The van der Waals surface area contributed by atoms with Gasteiger partial charge in [-0.2, -0.15) is 0 Å². The van der Waals surface area contributed by atoms with Crippen LogP contribution in [0.5, 0.6) is 28.7 Å². The Balaban J connectivity index is 1.43. The summed E-state index contributed by atoms with van der Waals surface area (Å²) in [6, 6.07) is 21.8. The fourth-order valence-corrected chi connectivity index (χ4v) is 5.63. The summed E-state index contributed by atoms with van der Waals surface area (Å²) in [5.41, 5.74) is 3.43. The number of phenols is 1. The molecule has 9 heteroatoms. The van der Waals surface area contributed by atoms with Crippen LogP contribution in [0.25, 0.3) is 0 Å². The highest BCUT2D eigenvalue weighted by atomic mass is 19.1. The van der Waals surface area contributed by atoms with Crippen LogP contribution in [0.3, 0.4) is 0 Å². The van der Waals surface area contributed by atoms with Crippen molar-refractivity contribution in [3.05, 3.63) is 112 Å². The van der Waals surface area contributed by atoms with Crippen molar-refractivity contribution in [1.29, 1.82) is 0 Å². The van der Waals surface area contributed by atoms with E-state index in [9.17, 15) is 19.1 Å². The largest absolute Gasteiger partial charge is 0.504 e. The molecule has 3 aliphatic heterocycles. The van der Waals surface area contributed by atoms with Gasteiger partial charge in [0, 0.05) is 13.1 Å². The third kappa shape index (κ3) is 5.83. The molecule has 3 aliphatic rings. The van der Waals surface area contributed by atoms with E-state index in [4.69, 9.17) is 14.2 Å². The first kappa shape index (κ1) is 28.1. The Labute approximate surface area is 248 Å². The maximum absolute atomic E-state index is 14.7. The average Bonchev–Trinajstić information content (AvgIpc) is 3.01. The van der Waals surface area contributed by atoms with Crippen LogP contribution in [-0.2, 0) is 17.6 Å². The van der Waals surface area contributed by atoms with E-state index in [1.54, 1.807) is 41.3 Å². The number of fused-ring (bicyclic) bond motifs is 7. The van der Waals surface area contributed by atoms with Gasteiger partial charge in [-0.1, -0.05) is 30.3 Å². The molecule has 1 atom stereocenters. The molecular weight excluding hydrogens is 551 g/mol. The SMILES string of the molecule is COc1cccc(C(=O)N2CCc3cc4ccc3C2c2cccc(c2)OCCCNC(=O)Cc2ccc(F)c(c2)O4)c1O. The number of ether oxygens (including phenoxy) is 3. The number of rotatable bonds is 2. The molecule has 1 unspecified atom stereocenters. The lowest BCUT2D eigenvalue weighted by molar-refractivity contribution is -0.120. The lowest BCUT2D eigenvalue weighted by Crippen LogP contribution is -2.40. The number of hydrogen-bond donors (Lipinski definition) is 2. The summed E-state index contributed by atoms with van der Waals surface area (Å²) in [7, 11) is 1.44. The first-order chi connectivity index (χ1) is 20.9. The van der Waals surface area contributed by atoms with Crippen LogP contribution < -0.4 is 19.5 Å². The lowest BCUT2D eigenvalue weighted by Gasteiger charge is -2.38. The van der Waals surface area contributed by atoms with Gasteiger partial charge in [-0.25, -0.2) is 4.39 Å². The van der Waals surface area contributed by atoms with E-state index in [-0.39, 0.29) is 41.0 Å². The Kier molecular flexibility index (Phi) is 7.87. The maximum Gasteiger partial charge on any atom is 0.258 e. The molecule has 220 valence electrons. The number of para-hydroxylation sites is 1. The summed E-state index contributed by atoms with van der Waals surface area (Å²) in [5, 5.41) is 13.7. The second-order valence-corrected chi connectivity index (χ2v) is 10.5. The minimum atomic E-state index is -0.533. The number of carbonyl (C=O) groups is 2. The number of methoxy groups -OCH3 is 1. The average molecular weight is 583 g/mol. The predicted octanol–water partition coefficient (Wildman–Crippen LogP) is 5.56. The Morgan fingerprint density at radius 2 is 1.91 bits per heavy atom. The number of nitrogens with zero attached hydrogens (tertiary/aromatic N) is 1. The number of benzene rings is 4. The molecule has 7 rings (SSSR count). The fourth-order valence-electron chi connectivity index (χ4n) is 5.63. The van der Waals surface area contributed by atoms with E-state index in [1.807, 2.05) is 36.4 Å². The van der Waals surface area contributed by atoms with Gasteiger partial charge in [0.15, 0.2) is 23.1 Å². The van der Waals surface area contributed by atoms with Crippen LogP contribution in [-0.4, -0.2) is 48.6 Å². The highest BCUT2D eigenvalue weighted by Gasteiger charge is 2.34. The molecule has 0 saturated carbocycles. The zero-order valence-electron chi connectivity index (χ0n) is 23.6. The van der Waals surface area contributed by atoms with Crippen molar-refractivity contribution in [2.24, 2.45) is 0 Å². The number of nitrogens with one attached hydrogen (secondary N) is 1. The van der Waals surface area contributed by atoms with Crippen LogP contribution in [0.2, 0.25) is 0 Å². The van der Waals surface area contributed by atoms with Gasteiger partial charge in [-0.05, 0) is 83.6 Å². The molecule has 0 radical (unpaired) electrons. The third-order valence-electron chi connectivity index (χ3n) is 7.73. The predicted molar refractivity (Wildman–Crippen MR) is 157 cm³/mol. The van der Waals surface area contributed by atoms with Gasteiger partial charge in [0.25, 0.3) is 5.91 Å². The Bertz CT molecular complexity index is 1690. The zero-order chi connectivity index (χ0) is 29.9. The third-order valence-corrected chi connectivity index (χ3v) is 7.73. The monoisotopic (exact) mass is 582 g/mol. The first-order valence-corrected chi connectivity index (χ1v) is 14.2. The molecule has 3 heterocycles. The second kappa shape index (κ2) is 12.1. The van der Waals surface area contributed by atoms with E-state index >= 15 is 0 Å². The molecule has 4 aromatic rings. The summed E-state index contributed by atoms with van der Waals surface area (Å²) in [6.07, 6.45) is 1.19. The quantitative estimate of drug-likeness (QED) is 0.321. The molecule has 8 nitrogen and oxygen atoms in total. The lowest BCUT2D eigenvalue weighted by atomic mass is 9.87. The van der Waals surface area contributed by atoms with Crippen LogP contribution in [0.4, 0.5) is 4.39 Å². The second-order valence-electron chi connectivity index (χ2n) is 10.5. The van der Waals surface area contributed by atoms with E-state index < -0.39 is 11.9 Å². The van der Waals surface area contributed by atoms with Gasteiger partial charge in [-0.3, -0.25) is 9.59 Å². The maximum atomic E-state index is 14.7. The molecule has 2 N–H and O–H groups in total. The van der Waals surface area contributed by atoms with Gasteiger partial charge >= 0.3 is 0 Å². The zero-order valence-corrected chi connectivity index (χ0v) is 23.6. The van der Waals surface area contributed by atoms with Gasteiger partial charge in [0.1, 0.15) is 11.5 Å². The van der Waals surface area contributed by atoms with Crippen molar-refractivity contribution in [3.63, 3.8) is 0 Å². The van der Waals surface area contributed by atoms with Gasteiger partial charge in [0.2, 0.25) is 5.91 Å².